The number of benzene rings is 3. The number of hydrogen-bond acceptors (Lipinski definition) is 4. The van der Waals surface area contributed by atoms with E-state index >= 15 is 0 Å². The van der Waals surface area contributed by atoms with Crippen LogP contribution in [0, 0.1) is 0 Å². The fourth-order valence-electron chi connectivity index (χ4n) is 3.79. The maximum absolute atomic E-state index is 12.4. The number of carbonyl (C=O) groups is 1. The Morgan fingerprint density at radius 3 is 2.26 bits per heavy atom. The van der Waals surface area contributed by atoms with Crippen LogP contribution in [0.2, 0.25) is 0 Å². The van der Waals surface area contributed by atoms with Crippen molar-refractivity contribution >= 4 is 17.7 Å². The Morgan fingerprint density at radius 2 is 1.56 bits per heavy atom. The molecule has 34 heavy (non-hydrogen) atoms. The van der Waals surface area contributed by atoms with Gasteiger partial charge in [0.15, 0.2) is 11.0 Å². The topological polar surface area (TPSA) is 59.8 Å². The van der Waals surface area contributed by atoms with Gasteiger partial charge in [0, 0.05) is 29.5 Å². The fourth-order valence-corrected chi connectivity index (χ4v) is 4.68. The minimum absolute atomic E-state index is 0.107. The van der Waals surface area contributed by atoms with Gasteiger partial charge < -0.3 is 5.32 Å². The summed E-state index contributed by atoms with van der Waals surface area (Å²) in [4.78, 5) is 12.4. The Labute approximate surface area is 205 Å². The number of amides is 1. The van der Waals surface area contributed by atoms with Crippen LogP contribution in [-0.4, -0.2) is 32.5 Å². The summed E-state index contributed by atoms with van der Waals surface area (Å²) in [6.07, 6.45) is 3.20. The average Bonchev–Trinajstić information content (AvgIpc) is 3.31. The van der Waals surface area contributed by atoms with Gasteiger partial charge in [-0.3, -0.25) is 9.36 Å². The molecule has 5 nitrogen and oxygen atoms in total. The molecule has 0 fully saturated rings. The highest BCUT2D eigenvalue weighted by Gasteiger charge is 2.16. The lowest BCUT2D eigenvalue weighted by molar-refractivity contribution is -0.121. The van der Waals surface area contributed by atoms with E-state index in [-0.39, 0.29) is 11.9 Å². The van der Waals surface area contributed by atoms with Crippen LogP contribution in [0.1, 0.15) is 31.7 Å². The second-order valence-electron chi connectivity index (χ2n) is 8.29. The standard InChI is InChI=1S/C28H30N4OS/c1-22(19-20-23-12-5-2-6-13-23)29-26(33)18-11-21-34-28-31-30-27(24-14-7-3-8-15-24)32(28)25-16-9-4-10-17-25/h2-10,12-17,22H,11,18-21H2,1H3,(H,29,33). The van der Waals surface area contributed by atoms with Crippen molar-refractivity contribution < 1.29 is 4.79 Å². The zero-order valence-electron chi connectivity index (χ0n) is 19.4. The van der Waals surface area contributed by atoms with Crippen LogP contribution in [0.15, 0.2) is 96.2 Å². The van der Waals surface area contributed by atoms with E-state index in [9.17, 15) is 4.79 Å². The molecule has 1 atom stereocenters. The highest BCUT2D eigenvalue weighted by Crippen LogP contribution is 2.28. The lowest BCUT2D eigenvalue weighted by atomic mass is 10.1. The molecule has 1 unspecified atom stereocenters. The largest absolute Gasteiger partial charge is 0.354 e. The number of para-hydroxylation sites is 1. The SMILES string of the molecule is CC(CCc1ccccc1)NC(=O)CCCSc1nnc(-c2ccccc2)n1-c1ccccc1. The predicted octanol–water partition coefficient (Wildman–Crippen LogP) is 5.94. The third-order valence-electron chi connectivity index (χ3n) is 5.58. The van der Waals surface area contributed by atoms with Gasteiger partial charge in [-0.05, 0) is 43.9 Å². The normalized spacial score (nSPS) is 11.8. The molecular formula is C28H30N4OS. The van der Waals surface area contributed by atoms with Crippen molar-refractivity contribution in [2.45, 2.75) is 43.8 Å². The summed E-state index contributed by atoms with van der Waals surface area (Å²) >= 11 is 1.64. The Balaban J connectivity index is 1.30. The van der Waals surface area contributed by atoms with Crippen LogP contribution in [0.5, 0.6) is 0 Å². The van der Waals surface area contributed by atoms with Gasteiger partial charge in [-0.2, -0.15) is 0 Å². The minimum atomic E-state index is 0.107. The van der Waals surface area contributed by atoms with Crippen LogP contribution in [0.4, 0.5) is 0 Å². The van der Waals surface area contributed by atoms with E-state index in [0.29, 0.717) is 6.42 Å². The first-order valence-electron chi connectivity index (χ1n) is 11.7. The predicted molar refractivity (Wildman–Crippen MR) is 139 cm³/mol. The van der Waals surface area contributed by atoms with Gasteiger partial charge in [-0.25, -0.2) is 0 Å². The molecule has 0 aliphatic rings. The van der Waals surface area contributed by atoms with Gasteiger partial charge in [0.05, 0.1) is 0 Å². The van der Waals surface area contributed by atoms with Crippen molar-refractivity contribution in [3.8, 4) is 17.1 Å². The molecule has 0 radical (unpaired) electrons. The summed E-state index contributed by atoms with van der Waals surface area (Å²) < 4.78 is 2.09. The molecule has 3 aromatic carbocycles. The first-order chi connectivity index (χ1) is 16.7. The van der Waals surface area contributed by atoms with Crippen LogP contribution in [0.25, 0.3) is 17.1 Å². The second-order valence-corrected chi connectivity index (χ2v) is 9.35. The summed E-state index contributed by atoms with van der Waals surface area (Å²) in [6.45, 7) is 2.07. The van der Waals surface area contributed by atoms with Gasteiger partial charge in [0.2, 0.25) is 5.91 Å². The maximum Gasteiger partial charge on any atom is 0.220 e. The van der Waals surface area contributed by atoms with Crippen LogP contribution in [-0.2, 0) is 11.2 Å². The maximum atomic E-state index is 12.4. The van der Waals surface area contributed by atoms with Crippen molar-refractivity contribution in [1.82, 2.24) is 20.1 Å². The molecule has 6 heteroatoms. The quantitative estimate of drug-likeness (QED) is 0.218. The van der Waals surface area contributed by atoms with E-state index in [1.54, 1.807) is 11.8 Å². The monoisotopic (exact) mass is 470 g/mol. The molecule has 0 saturated carbocycles. The zero-order chi connectivity index (χ0) is 23.6. The fraction of sp³-hybridized carbons (Fsp3) is 0.250. The van der Waals surface area contributed by atoms with E-state index in [4.69, 9.17) is 0 Å². The first-order valence-corrected chi connectivity index (χ1v) is 12.7. The van der Waals surface area contributed by atoms with E-state index in [0.717, 1.165) is 47.2 Å². The zero-order valence-corrected chi connectivity index (χ0v) is 20.2. The molecule has 4 rings (SSSR count). The van der Waals surface area contributed by atoms with Crippen LogP contribution in [0.3, 0.4) is 0 Å². The number of nitrogens with zero attached hydrogens (tertiary/aromatic N) is 3. The number of aryl methyl sites for hydroxylation is 1. The molecule has 0 saturated heterocycles. The number of hydrogen-bond donors (Lipinski definition) is 1. The summed E-state index contributed by atoms with van der Waals surface area (Å²) in [6, 6.07) is 30.8. The highest BCUT2D eigenvalue weighted by atomic mass is 32.2. The highest BCUT2D eigenvalue weighted by molar-refractivity contribution is 7.99. The number of aromatic nitrogens is 3. The molecule has 1 N–H and O–H groups in total. The lowest BCUT2D eigenvalue weighted by Crippen LogP contribution is -2.32. The second kappa shape index (κ2) is 12.2. The van der Waals surface area contributed by atoms with Gasteiger partial charge in [0.25, 0.3) is 0 Å². The summed E-state index contributed by atoms with van der Waals surface area (Å²) in [7, 11) is 0. The van der Waals surface area contributed by atoms with Crippen molar-refractivity contribution in [3.63, 3.8) is 0 Å². The molecule has 0 bridgehead atoms. The Kier molecular flexibility index (Phi) is 8.52. The molecule has 1 heterocycles. The first kappa shape index (κ1) is 23.8. The van der Waals surface area contributed by atoms with Gasteiger partial charge in [-0.15, -0.1) is 10.2 Å². The third-order valence-corrected chi connectivity index (χ3v) is 6.59. The molecular weight excluding hydrogens is 440 g/mol. The molecule has 4 aromatic rings. The van der Waals surface area contributed by atoms with Crippen molar-refractivity contribution in [3.05, 3.63) is 96.6 Å². The number of carbonyl (C=O) groups excluding carboxylic acids is 1. The Bertz CT molecular complexity index is 1160. The summed E-state index contributed by atoms with van der Waals surface area (Å²) in [5.41, 5.74) is 3.35. The average molecular weight is 471 g/mol. The van der Waals surface area contributed by atoms with Gasteiger partial charge >= 0.3 is 0 Å². The van der Waals surface area contributed by atoms with Gasteiger partial charge in [-0.1, -0.05) is 90.6 Å². The van der Waals surface area contributed by atoms with E-state index in [2.05, 4.69) is 63.4 Å². The van der Waals surface area contributed by atoms with E-state index < -0.39 is 0 Å². The molecule has 1 aromatic heterocycles. The Hall–Kier alpha value is -3.38. The van der Waals surface area contributed by atoms with Crippen molar-refractivity contribution in [2.24, 2.45) is 0 Å². The smallest absolute Gasteiger partial charge is 0.220 e. The van der Waals surface area contributed by atoms with Crippen molar-refractivity contribution in [2.75, 3.05) is 5.75 Å². The number of thioether (sulfide) groups is 1. The Morgan fingerprint density at radius 1 is 0.912 bits per heavy atom. The molecule has 0 aliphatic heterocycles. The van der Waals surface area contributed by atoms with E-state index in [1.165, 1.54) is 5.56 Å². The summed E-state index contributed by atoms with van der Waals surface area (Å²) in [5, 5.41) is 12.9. The molecule has 0 aliphatic carbocycles. The van der Waals surface area contributed by atoms with Crippen LogP contribution < -0.4 is 5.32 Å². The summed E-state index contributed by atoms with van der Waals surface area (Å²) in [5.74, 6) is 1.72. The van der Waals surface area contributed by atoms with Crippen molar-refractivity contribution in [1.29, 1.82) is 0 Å². The molecule has 1 amide bonds. The number of rotatable bonds is 11. The van der Waals surface area contributed by atoms with Crippen LogP contribution >= 0.6 is 11.8 Å². The lowest BCUT2D eigenvalue weighted by Gasteiger charge is -2.14. The molecule has 0 spiro atoms. The van der Waals surface area contributed by atoms with Gasteiger partial charge in [0.1, 0.15) is 0 Å². The number of nitrogens with one attached hydrogen (secondary N) is 1. The molecule has 174 valence electrons. The van der Waals surface area contributed by atoms with E-state index in [1.807, 2.05) is 54.6 Å². The third kappa shape index (κ3) is 6.58. The minimum Gasteiger partial charge on any atom is -0.354 e.